The summed E-state index contributed by atoms with van der Waals surface area (Å²) in [6.07, 6.45) is 1.34. The molecular weight excluding hydrogens is 242 g/mol. The highest BCUT2D eigenvalue weighted by molar-refractivity contribution is 5.88. The zero-order valence-electron chi connectivity index (χ0n) is 12.1. The third kappa shape index (κ3) is 2.61. The van der Waals surface area contributed by atoms with Gasteiger partial charge in [0.15, 0.2) is 0 Å². The first kappa shape index (κ1) is 14.3. The summed E-state index contributed by atoms with van der Waals surface area (Å²) in [5.41, 5.74) is 11.7. The van der Waals surface area contributed by atoms with Crippen molar-refractivity contribution < 1.29 is 9.59 Å². The fourth-order valence-electron chi connectivity index (χ4n) is 3.78. The van der Waals surface area contributed by atoms with Crippen LogP contribution >= 0.6 is 0 Å². The number of hydrogen-bond acceptors (Lipinski definition) is 3. The SMILES string of the molecule is CC1CC(C)(C)C(CN2CC(C(N)=O)CC2=O)C1N. The summed E-state index contributed by atoms with van der Waals surface area (Å²) in [4.78, 5) is 24.9. The number of nitrogens with zero attached hydrogens (tertiary/aromatic N) is 1. The second-order valence-corrected chi connectivity index (χ2v) is 6.96. The van der Waals surface area contributed by atoms with Gasteiger partial charge in [0, 0.05) is 25.6 Å². The molecule has 2 rings (SSSR count). The van der Waals surface area contributed by atoms with Crippen LogP contribution in [0.1, 0.15) is 33.6 Å². The van der Waals surface area contributed by atoms with E-state index < -0.39 is 0 Å². The number of nitrogens with two attached hydrogens (primary N) is 2. The van der Waals surface area contributed by atoms with Gasteiger partial charge in [0.1, 0.15) is 0 Å². The Hall–Kier alpha value is -1.10. The molecular formula is C14H25N3O2. The maximum Gasteiger partial charge on any atom is 0.223 e. The van der Waals surface area contributed by atoms with Crippen molar-refractivity contribution in [2.75, 3.05) is 13.1 Å². The van der Waals surface area contributed by atoms with E-state index in [-0.39, 0.29) is 41.5 Å². The van der Waals surface area contributed by atoms with Crippen LogP contribution in [0.15, 0.2) is 0 Å². The summed E-state index contributed by atoms with van der Waals surface area (Å²) < 4.78 is 0. The van der Waals surface area contributed by atoms with Crippen LogP contribution in [0, 0.1) is 23.2 Å². The molecule has 0 aromatic rings. The van der Waals surface area contributed by atoms with Crippen LogP contribution in [0.25, 0.3) is 0 Å². The number of hydrogen-bond donors (Lipinski definition) is 2. The molecule has 1 heterocycles. The molecule has 1 aliphatic heterocycles. The molecule has 5 nitrogen and oxygen atoms in total. The Morgan fingerprint density at radius 2 is 2.11 bits per heavy atom. The fourth-order valence-corrected chi connectivity index (χ4v) is 3.78. The van der Waals surface area contributed by atoms with Gasteiger partial charge in [-0.1, -0.05) is 20.8 Å². The highest BCUT2D eigenvalue weighted by Crippen LogP contribution is 2.45. The van der Waals surface area contributed by atoms with E-state index >= 15 is 0 Å². The Bertz CT molecular complexity index is 394. The molecule has 1 saturated carbocycles. The second kappa shape index (κ2) is 4.78. The monoisotopic (exact) mass is 267 g/mol. The van der Waals surface area contributed by atoms with Gasteiger partial charge in [-0.05, 0) is 23.7 Å². The van der Waals surface area contributed by atoms with E-state index in [1.54, 1.807) is 4.90 Å². The first-order chi connectivity index (χ1) is 8.72. The van der Waals surface area contributed by atoms with Crippen LogP contribution in [0.3, 0.4) is 0 Å². The van der Waals surface area contributed by atoms with Crippen LogP contribution in [-0.4, -0.2) is 35.8 Å². The number of carbonyl (C=O) groups excluding carboxylic acids is 2. The molecule has 1 aliphatic carbocycles. The molecule has 4 N–H and O–H groups in total. The van der Waals surface area contributed by atoms with Crippen LogP contribution in [0.5, 0.6) is 0 Å². The molecule has 4 unspecified atom stereocenters. The minimum absolute atomic E-state index is 0.0337. The third-order valence-corrected chi connectivity index (χ3v) is 5.01. The largest absolute Gasteiger partial charge is 0.369 e. The predicted molar refractivity (Wildman–Crippen MR) is 72.9 cm³/mol. The fraction of sp³-hybridized carbons (Fsp3) is 0.857. The average Bonchev–Trinajstić information content (AvgIpc) is 2.73. The highest BCUT2D eigenvalue weighted by Gasteiger charge is 2.46. The van der Waals surface area contributed by atoms with Crippen molar-refractivity contribution in [3.63, 3.8) is 0 Å². The van der Waals surface area contributed by atoms with E-state index in [0.717, 1.165) is 6.42 Å². The highest BCUT2D eigenvalue weighted by atomic mass is 16.2. The van der Waals surface area contributed by atoms with Gasteiger partial charge in [-0.3, -0.25) is 9.59 Å². The van der Waals surface area contributed by atoms with E-state index in [9.17, 15) is 9.59 Å². The van der Waals surface area contributed by atoms with E-state index in [1.807, 2.05) is 0 Å². The minimum Gasteiger partial charge on any atom is -0.369 e. The lowest BCUT2D eigenvalue weighted by molar-refractivity contribution is -0.129. The van der Waals surface area contributed by atoms with Crippen molar-refractivity contribution in [1.29, 1.82) is 0 Å². The van der Waals surface area contributed by atoms with Gasteiger partial charge in [0.25, 0.3) is 0 Å². The summed E-state index contributed by atoms with van der Waals surface area (Å²) in [5.74, 6) is 0.0962. The molecule has 108 valence electrons. The average molecular weight is 267 g/mol. The van der Waals surface area contributed by atoms with Crippen LogP contribution in [0.4, 0.5) is 0 Å². The Labute approximate surface area is 114 Å². The topological polar surface area (TPSA) is 89.4 Å². The van der Waals surface area contributed by atoms with E-state index in [0.29, 0.717) is 19.0 Å². The van der Waals surface area contributed by atoms with E-state index in [1.165, 1.54) is 0 Å². The number of rotatable bonds is 3. The Balaban J connectivity index is 2.05. The zero-order chi connectivity index (χ0) is 14.4. The predicted octanol–water partition coefficient (Wildman–Crippen LogP) is 0.330. The van der Waals surface area contributed by atoms with Gasteiger partial charge in [0.05, 0.1) is 5.92 Å². The van der Waals surface area contributed by atoms with Crippen molar-refractivity contribution in [2.45, 2.75) is 39.7 Å². The first-order valence-electron chi connectivity index (χ1n) is 7.05. The lowest BCUT2D eigenvalue weighted by Crippen LogP contribution is -2.43. The maximum absolute atomic E-state index is 12.0. The number of primary amides is 1. The van der Waals surface area contributed by atoms with Crippen molar-refractivity contribution >= 4 is 11.8 Å². The molecule has 19 heavy (non-hydrogen) atoms. The molecule has 2 fully saturated rings. The lowest BCUT2D eigenvalue weighted by atomic mass is 9.80. The summed E-state index contributed by atoms with van der Waals surface area (Å²) in [5, 5.41) is 0. The molecule has 1 saturated heterocycles. The number of amides is 2. The summed E-state index contributed by atoms with van der Waals surface area (Å²) in [6.45, 7) is 7.72. The lowest BCUT2D eigenvalue weighted by Gasteiger charge is -2.33. The van der Waals surface area contributed by atoms with E-state index in [2.05, 4.69) is 20.8 Å². The van der Waals surface area contributed by atoms with Gasteiger partial charge >= 0.3 is 0 Å². The molecule has 2 aliphatic rings. The summed E-state index contributed by atoms with van der Waals surface area (Å²) >= 11 is 0. The summed E-state index contributed by atoms with van der Waals surface area (Å²) in [7, 11) is 0. The molecule has 0 spiro atoms. The van der Waals surface area contributed by atoms with Gasteiger partial charge < -0.3 is 16.4 Å². The molecule has 0 radical (unpaired) electrons. The summed E-state index contributed by atoms with van der Waals surface area (Å²) in [6, 6.07) is 0.121. The standard InChI is InChI=1S/C14H25N3O2/c1-8-5-14(2,3)10(12(8)15)7-17-6-9(13(16)19)4-11(17)18/h8-10,12H,4-7,15H2,1-3H3,(H2,16,19). The smallest absolute Gasteiger partial charge is 0.223 e. The molecule has 0 bridgehead atoms. The van der Waals surface area contributed by atoms with Gasteiger partial charge in [-0.15, -0.1) is 0 Å². The van der Waals surface area contributed by atoms with Crippen LogP contribution in [-0.2, 0) is 9.59 Å². The molecule has 0 aromatic carbocycles. The van der Waals surface area contributed by atoms with Crippen molar-refractivity contribution in [1.82, 2.24) is 4.90 Å². The molecule has 0 aromatic heterocycles. The third-order valence-electron chi connectivity index (χ3n) is 5.01. The van der Waals surface area contributed by atoms with Crippen molar-refractivity contribution in [3.8, 4) is 0 Å². The Morgan fingerprint density at radius 1 is 1.47 bits per heavy atom. The second-order valence-electron chi connectivity index (χ2n) is 6.96. The first-order valence-corrected chi connectivity index (χ1v) is 7.05. The van der Waals surface area contributed by atoms with Crippen molar-refractivity contribution in [3.05, 3.63) is 0 Å². The zero-order valence-corrected chi connectivity index (χ0v) is 12.1. The molecule has 5 heteroatoms. The van der Waals surface area contributed by atoms with Crippen LogP contribution in [0.2, 0.25) is 0 Å². The van der Waals surface area contributed by atoms with Gasteiger partial charge in [-0.25, -0.2) is 0 Å². The normalized spacial score (nSPS) is 37.9. The molecule has 2 amide bonds. The quantitative estimate of drug-likeness (QED) is 0.772. The number of likely N-dealkylation sites (tertiary alicyclic amines) is 1. The Morgan fingerprint density at radius 3 is 2.53 bits per heavy atom. The minimum atomic E-state index is -0.376. The van der Waals surface area contributed by atoms with Crippen molar-refractivity contribution in [2.24, 2.45) is 34.6 Å². The maximum atomic E-state index is 12.0. The molecule has 4 atom stereocenters. The van der Waals surface area contributed by atoms with E-state index in [4.69, 9.17) is 11.5 Å². The van der Waals surface area contributed by atoms with Gasteiger partial charge in [-0.2, -0.15) is 0 Å². The van der Waals surface area contributed by atoms with Gasteiger partial charge in [0.2, 0.25) is 11.8 Å². The van der Waals surface area contributed by atoms with Crippen LogP contribution < -0.4 is 11.5 Å². The Kier molecular flexibility index (Phi) is 3.60. The number of carbonyl (C=O) groups is 2.